The third kappa shape index (κ3) is 2.06. The molecule has 13 heavy (non-hydrogen) atoms. The van der Waals surface area contributed by atoms with Gasteiger partial charge in [0.2, 0.25) is 0 Å². The second-order valence-electron chi connectivity index (χ2n) is 2.67. The van der Waals surface area contributed by atoms with Crippen LogP contribution in [0, 0.1) is 6.92 Å². The molecule has 2 nitrogen and oxygen atoms in total. The van der Waals surface area contributed by atoms with E-state index in [4.69, 9.17) is 17.3 Å². The summed E-state index contributed by atoms with van der Waals surface area (Å²) in [6.45, 7) is 1.56. The fraction of sp³-hybridized carbons (Fsp3) is 0.375. The van der Waals surface area contributed by atoms with E-state index in [1.807, 2.05) is 0 Å². The first-order valence-electron chi connectivity index (χ1n) is 3.66. The molecule has 0 aliphatic heterocycles. The number of nitrogens with zero attached hydrogens (tertiary/aromatic N) is 1. The van der Waals surface area contributed by atoms with Crippen LogP contribution < -0.4 is 5.73 Å². The van der Waals surface area contributed by atoms with Gasteiger partial charge in [0, 0.05) is 5.56 Å². The predicted octanol–water partition coefficient (Wildman–Crippen LogP) is 2.65. The van der Waals surface area contributed by atoms with E-state index < -0.39 is 6.43 Å². The largest absolute Gasteiger partial charge is 0.383 e. The third-order valence-corrected chi connectivity index (χ3v) is 2.00. The van der Waals surface area contributed by atoms with Crippen molar-refractivity contribution in [2.45, 2.75) is 19.2 Å². The first-order valence-corrected chi connectivity index (χ1v) is 4.19. The molecule has 0 aromatic carbocycles. The van der Waals surface area contributed by atoms with Crippen molar-refractivity contribution in [3.05, 3.63) is 22.9 Å². The van der Waals surface area contributed by atoms with Crippen LogP contribution in [0.4, 0.5) is 14.6 Å². The highest BCUT2D eigenvalue weighted by Gasteiger charge is 2.14. The number of nitrogen functional groups attached to an aromatic ring is 1. The van der Waals surface area contributed by atoms with Crippen molar-refractivity contribution in [3.63, 3.8) is 0 Å². The number of hydrogen-bond donors (Lipinski definition) is 1. The Balaban J connectivity index is 3.20. The average molecular weight is 207 g/mol. The van der Waals surface area contributed by atoms with Crippen molar-refractivity contribution in [1.29, 1.82) is 0 Å². The van der Waals surface area contributed by atoms with Crippen LogP contribution in [0.2, 0.25) is 0 Å². The van der Waals surface area contributed by atoms with Crippen molar-refractivity contribution in [1.82, 2.24) is 4.98 Å². The Morgan fingerprint density at radius 3 is 2.69 bits per heavy atom. The van der Waals surface area contributed by atoms with E-state index >= 15 is 0 Å². The lowest BCUT2D eigenvalue weighted by molar-refractivity contribution is 0.145. The van der Waals surface area contributed by atoms with Gasteiger partial charge in [0.1, 0.15) is 11.5 Å². The van der Waals surface area contributed by atoms with Crippen molar-refractivity contribution in [2.24, 2.45) is 0 Å². The fourth-order valence-electron chi connectivity index (χ4n) is 1.03. The summed E-state index contributed by atoms with van der Waals surface area (Å²) in [5, 5.41) is 0. The molecule has 0 fully saturated rings. The lowest BCUT2D eigenvalue weighted by atomic mass is 10.1. The summed E-state index contributed by atoms with van der Waals surface area (Å²) in [6, 6.07) is 1.54. The topological polar surface area (TPSA) is 38.9 Å². The van der Waals surface area contributed by atoms with Crippen LogP contribution in [0.3, 0.4) is 0 Å². The molecule has 0 aliphatic rings. The third-order valence-electron chi connectivity index (χ3n) is 1.72. The Kier molecular flexibility index (Phi) is 3.03. The molecule has 1 aromatic heterocycles. The molecule has 0 amide bonds. The summed E-state index contributed by atoms with van der Waals surface area (Å²) in [5.74, 6) is 0.263. The average Bonchev–Trinajstić information content (AvgIpc) is 2.07. The van der Waals surface area contributed by atoms with Crippen molar-refractivity contribution < 1.29 is 8.78 Å². The van der Waals surface area contributed by atoms with Gasteiger partial charge in [-0.1, -0.05) is 0 Å². The minimum absolute atomic E-state index is 0.0795. The summed E-state index contributed by atoms with van der Waals surface area (Å²) in [6.07, 6.45) is -2.59. The van der Waals surface area contributed by atoms with Gasteiger partial charge in [-0.05, 0) is 18.6 Å². The number of rotatable bonds is 2. The van der Waals surface area contributed by atoms with Crippen LogP contribution in [-0.4, -0.2) is 4.98 Å². The Bertz CT molecular complexity index is 315. The predicted molar refractivity (Wildman–Crippen MR) is 47.9 cm³/mol. The summed E-state index contributed by atoms with van der Waals surface area (Å²) in [7, 11) is 0. The molecule has 1 rings (SSSR count). The monoisotopic (exact) mass is 206 g/mol. The minimum Gasteiger partial charge on any atom is -0.383 e. The second-order valence-corrected chi connectivity index (χ2v) is 2.94. The molecule has 2 N–H and O–H groups in total. The van der Waals surface area contributed by atoms with Crippen molar-refractivity contribution >= 4 is 17.4 Å². The Hall–Kier alpha value is -0.900. The molecule has 0 saturated carbocycles. The van der Waals surface area contributed by atoms with Crippen molar-refractivity contribution in [3.8, 4) is 0 Å². The molecule has 1 heterocycles. The molecule has 0 bridgehead atoms. The fourth-order valence-corrected chi connectivity index (χ4v) is 1.24. The van der Waals surface area contributed by atoms with Gasteiger partial charge in [-0.25, -0.2) is 13.8 Å². The standard InChI is InChI=1S/C8H9ClF2N2/c1-4-2-5(3-9)8(12)13-6(4)7(10)11/h2,7H,3H2,1H3,(H2,12,13). The van der Waals surface area contributed by atoms with Crippen LogP contribution in [0.1, 0.15) is 23.2 Å². The number of halogens is 3. The lowest BCUT2D eigenvalue weighted by Crippen LogP contribution is -2.03. The number of hydrogen-bond acceptors (Lipinski definition) is 2. The van der Waals surface area contributed by atoms with Crippen LogP contribution in [0.5, 0.6) is 0 Å². The first-order chi connectivity index (χ1) is 6.06. The van der Waals surface area contributed by atoms with E-state index in [1.54, 1.807) is 6.92 Å². The zero-order valence-electron chi connectivity index (χ0n) is 7.02. The molecule has 0 unspecified atom stereocenters. The molecule has 0 saturated heterocycles. The highest BCUT2D eigenvalue weighted by molar-refractivity contribution is 6.17. The smallest absolute Gasteiger partial charge is 0.280 e. The molecular formula is C8H9ClF2N2. The minimum atomic E-state index is -2.59. The highest BCUT2D eigenvalue weighted by atomic mass is 35.5. The van der Waals surface area contributed by atoms with E-state index in [2.05, 4.69) is 4.98 Å². The maximum atomic E-state index is 12.3. The van der Waals surface area contributed by atoms with Crippen LogP contribution in [-0.2, 0) is 5.88 Å². The summed E-state index contributed by atoms with van der Waals surface area (Å²) >= 11 is 5.53. The molecule has 0 atom stereocenters. The van der Waals surface area contributed by atoms with Gasteiger partial charge in [-0.15, -0.1) is 11.6 Å². The highest BCUT2D eigenvalue weighted by Crippen LogP contribution is 2.24. The number of alkyl halides is 3. The molecule has 5 heteroatoms. The number of nitrogens with two attached hydrogens (primary N) is 1. The Morgan fingerprint density at radius 1 is 1.62 bits per heavy atom. The normalized spacial score (nSPS) is 10.8. The van der Waals surface area contributed by atoms with E-state index in [9.17, 15) is 8.78 Å². The summed E-state index contributed by atoms with van der Waals surface area (Å²) < 4.78 is 24.6. The number of pyridine rings is 1. The van der Waals surface area contributed by atoms with Crippen LogP contribution >= 0.6 is 11.6 Å². The molecule has 72 valence electrons. The van der Waals surface area contributed by atoms with Crippen LogP contribution in [0.15, 0.2) is 6.07 Å². The van der Waals surface area contributed by atoms with E-state index in [1.165, 1.54) is 6.07 Å². The molecule has 0 spiro atoms. The van der Waals surface area contributed by atoms with Gasteiger partial charge in [0.25, 0.3) is 6.43 Å². The van der Waals surface area contributed by atoms with E-state index in [0.717, 1.165) is 0 Å². The SMILES string of the molecule is Cc1cc(CCl)c(N)nc1C(F)F. The van der Waals surface area contributed by atoms with Gasteiger partial charge < -0.3 is 5.73 Å². The quantitative estimate of drug-likeness (QED) is 0.756. The van der Waals surface area contributed by atoms with Gasteiger partial charge in [0.05, 0.1) is 5.88 Å². The van der Waals surface area contributed by atoms with E-state index in [-0.39, 0.29) is 17.4 Å². The Labute approximate surface area is 79.7 Å². The molecule has 1 aromatic rings. The maximum Gasteiger partial charge on any atom is 0.280 e. The number of anilines is 1. The molecule has 0 aliphatic carbocycles. The summed E-state index contributed by atoms with van der Waals surface area (Å²) in [4.78, 5) is 3.59. The lowest BCUT2D eigenvalue weighted by Gasteiger charge is -2.07. The first kappa shape index (κ1) is 10.2. The van der Waals surface area contributed by atoms with Gasteiger partial charge in [-0.2, -0.15) is 0 Å². The number of aromatic nitrogens is 1. The Morgan fingerprint density at radius 2 is 2.23 bits per heavy atom. The van der Waals surface area contributed by atoms with Gasteiger partial charge in [0.15, 0.2) is 0 Å². The van der Waals surface area contributed by atoms with Crippen LogP contribution in [0.25, 0.3) is 0 Å². The number of aryl methyl sites for hydroxylation is 1. The van der Waals surface area contributed by atoms with E-state index in [0.29, 0.717) is 11.1 Å². The van der Waals surface area contributed by atoms with Gasteiger partial charge in [-0.3, -0.25) is 0 Å². The van der Waals surface area contributed by atoms with Crippen molar-refractivity contribution in [2.75, 3.05) is 5.73 Å². The second kappa shape index (κ2) is 3.87. The summed E-state index contributed by atoms with van der Waals surface area (Å²) in [5.41, 5.74) is 6.14. The maximum absolute atomic E-state index is 12.3. The van der Waals surface area contributed by atoms with Gasteiger partial charge >= 0.3 is 0 Å². The zero-order chi connectivity index (χ0) is 10.0. The molecular weight excluding hydrogens is 198 g/mol. The molecule has 0 radical (unpaired) electrons. The zero-order valence-corrected chi connectivity index (χ0v) is 7.78.